The van der Waals surface area contributed by atoms with Gasteiger partial charge in [0.25, 0.3) is 0 Å². The number of carbonyl (C=O) groups excluding carboxylic acids is 1. The number of carbonyl (C=O) groups is 1. The summed E-state index contributed by atoms with van der Waals surface area (Å²) in [7, 11) is 0. The molecule has 12 heavy (non-hydrogen) atoms. The number of rotatable bonds is 0. The first-order valence-corrected chi connectivity index (χ1v) is 4.95. The summed E-state index contributed by atoms with van der Waals surface area (Å²) in [6, 6.07) is 0. The third-order valence-electron chi connectivity index (χ3n) is 3.70. The van der Waals surface area contributed by atoms with Crippen LogP contribution in [0.3, 0.4) is 0 Å². The Balaban J connectivity index is 2.21. The molecule has 1 spiro atoms. The molecule has 2 aliphatic rings. The molecule has 0 amide bonds. The second-order valence-corrected chi connectivity index (χ2v) is 4.33. The Kier molecular flexibility index (Phi) is 1.82. The van der Waals surface area contributed by atoms with Crippen molar-refractivity contribution in [2.45, 2.75) is 39.0 Å². The van der Waals surface area contributed by atoms with E-state index < -0.39 is 0 Å². The maximum Gasteiger partial charge on any atom is 0.155 e. The molecular formula is C11H16O. The van der Waals surface area contributed by atoms with Crippen molar-refractivity contribution in [2.24, 2.45) is 11.3 Å². The summed E-state index contributed by atoms with van der Waals surface area (Å²) >= 11 is 0. The second kappa shape index (κ2) is 2.72. The van der Waals surface area contributed by atoms with Gasteiger partial charge in [0.1, 0.15) is 0 Å². The van der Waals surface area contributed by atoms with Crippen LogP contribution in [0.1, 0.15) is 39.0 Å². The summed E-state index contributed by atoms with van der Waals surface area (Å²) in [4.78, 5) is 11.0. The second-order valence-electron chi connectivity index (χ2n) is 4.33. The van der Waals surface area contributed by atoms with Crippen molar-refractivity contribution in [3.05, 3.63) is 12.2 Å². The van der Waals surface area contributed by atoms with Crippen molar-refractivity contribution in [2.75, 3.05) is 0 Å². The number of ketones is 1. The molecule has 2 rings (SSSR count). The van der Waals surface area contributed by atoms with Gasteiger partial charge in [0.05, 0.1) is 0 Å². The summed E-state index contributed by atoms with van der Waals surface area (Å²) in [6.07, 6.45) is 9.88. The van der Waals surface area contributed by atoms with Crippen molar-refractivity contribution in [3.8, 4) is 0 Å². The zero-order valence-electron chi connectivity index (χ0n) is 7.68. The van der Waals surface area contributed by atoms with Crippen molar-refractivity contribution in [1.82, 2.24) is 0 Å². The number of allylic oxidation sites excluding steroid dienone is 2. The molecule has 0 saturated heterocycles. The first-order valence-electron chi connectivity index (χ1n) is 4.95. The highest BCUT2D eigenvalue weighted by molar-refractivity contribution is 5.90. The molecule has 2 aliphatic carbocycles. The fourth-order valence-electron chi connectivity index (χ4n) is 2.67. The lowest BCUT2D eigenvalue weighted by Crippen LogP contribution is -2.25. The van der Waals surface area contributed by atoms with Crippen LogP contribution in [-0.2, 0) is 4.79 Å². The van der Waals surface area contributed by atoms with E-state index in [0.29, 0.717) is 11.2 Å². The fraction of sp³-hybridized carbons (Fsp3) is 0.727. The minimum absolute atomic E-state index is 0.319. The summed E-state index contributed by atoms with van der Waals surface area (Å²) in [5.41, 5.74) is 0.411. The van der Waals surface area contributed by atoms with E-state index in [2.05, 4.69) is 13.0 Å². The molecule has 0 radical (unpaired) electrons. The Bertz CT molecular complexity index is 229. The molecule has 2 atom stereocenters. The highest BCUT2D eigenvalue weighted by Crippen LogP contribution is 2.49. The molecule has 0 aromatic rings. The van der Waals surface area contributed by atoms with Gasteiger partial charge < -0.3 is 0 Å². The van der Waals surface area contributed by atoms with Crippen LogP contribution in [-0.4, -0.2) is 5.78 Å². The van der Waals surface area contributed by atoms with Crippen molar-refractivity contribution < 1.29 is 4.79 Å². The van der Waals surface area contributed by atoms with Crippen LogP contribution in [0.25, 0.3) is 0 Å². The Morgan fingerprint density at radius 1 is 1.50 bits per heavy atom. The quantitative estimate of drug-likeness (QED) is 0.538. The van der Waals surface area contributed by atoms with Gasteiger partial charge in [0, 0.05) is 6.42 Å². The van der Waals surface area contributed by atoms with Gasteiger partial charge >= 0.3 is 0 Å². The third kappa shape index (κ3) is 1.12. The molecule has 0 N–H and O–H groups in total. The average Bonchev–Trinajstić information content (AvgIpc) is 2.41. The Hall–Kier alpha value is -0.590. The normalized spacial score (nSPS) is 41.1. The van der Waals surface area contributed by atoms with E-state index in [1.54, 1.807) is 0 Å². The van der Waals surface area contributed by atoms with Crippen LogP contribution in [0.15, 0.2) is 12.2 Å². The zero-order chi connectivity index (χ0) is 8.60. The molecule has 1 fully saturated rings. The van der Waals surface area contributed by atoms with E-state index in [0.717, 1.165) is 18.8 Å². The van der Waals surface area contributed by atoms with E-state index in [9.17, 15) is 4.79 Å². The largest absolute Gasteiger partial charge is 0.295 e. The lowest BCUT2D eigenvalue weighted by Gasteiger charge is -2.32. The van der Waals surface area contributed by atoms with Crippen LogP contribution in [0.4, 0.5) is 0 Å². The van der Waals surface area contributed by atoms with Gasteiger partial charge in [-0.3, -0.25) is 4.79 Å². The van der Waals surface area contributed by atoms with Crippen molar-refractivity contribution in [1.29, 1.82) is 0 Å². The highest BCUT2D eigenvalue weighted by atomic mass is 16.1. The van der Waals surface area contributed by atoms with Crippen LogP contribution in [0.5, 0.6) is 0 Å². The Labute approximate surface area is 73.8 Å². The molecule has 0 aliphatic heterocycles. The van der Waals surface area contributed by atoms with Crippen molar-refractivity contribution in [3.63, 3.8) is 0 Å². The number of hydrogen-bond donors (Lipinski definition) is 0. The number of hydrogen-bond acceptors (Lipinski definition) is 1. The van der Waals surface area contributed by atoms with Crippen LogP contribution in [0, 0.1) is 11.3 Å². The van der Waals surface area contributed by atoms with Gasteiger partial charge in [-0.2, -0.15) is 0 Å². The third-order valence-corrected chi connectivity index (χ3v) is 3.70. The predicted octanol–water partition coefficient (Wildman–Crippen LogP) is 2.71. The van der Waals surface area contributed by atoms with E-state index in [1.165, 1.54) is 19.3 Å². The molecule has 0 aromatic carbocycles. The Morgan fingerprint density at radius 2 is 2.33 bits per heavy atom. The first kappa shape index (κ1) is 8.03. The van der Waals surface area contributed by atoms with Crippen molar-refractivity contribution >= 4 is 5.78 Å². The average molecular weight is 164 g/mol. The SMILES string of the molecule is CC1CCCC12C=CC(=O)CC2. The highest BCUT2D eigenvalue weighted by Gasteiger charge is 2.39. The van der Waals surface area contributed by atoms with E-state index in [1.807, 2.05) is 6.08 Å². The van der Waals surface area contributed by atoms with Gasteiger partial charge in [-0.15, -0.1) is 0 Å². The monoisotopic (exact) mass is 164 g/mol. The molecule has 1 nitrogen and oxygen atoms in total. The molecule has 0 heterocycles. The maximum absolute atomic E-state index is 11.0. The van der Waals surface area contributed by atoms with Crippen LogP contribution in [0.2, 0.25) is 0 Å². The molecule has 66 valence electrons. The van der Waals surface area contributed by atoms with Gasteiger partial charge in [-0.25, -0.2) is 0 Å². The predicted molar refractivity (Wildman–Crippen MR) is 48.8 cm³/mol. The minimum atomic E-state index is 0.319. The minimum Gasteiger partial charge on any atom is -0.295 e. The summed E-state index contributed by atoms with van der Waals surface area (Å²) < 4.78 is 0. The molecule has 0 aromatic heterocycles. The molecule has 1 saturated carbocycles. The lowest BCUT2D eigenvalue weighted by molar-refractivity contribution is -0.115. The van der Waals surface area contributed by atoms with Crippen LogP contribution < -0.4 is 0 Å². The van der Waals surface area contributed by atoms with E-state index in [-0.39, 0.29) is 0 Å². The van der Waals surface area contributed by atoms with Gasteiger partial charge in [-0.05, 0) is 36.7 Å². The van der Waals surface area contributed by atoms with Gasteiger partial charge in [0.15, 0.2) is 5.78 Å². The Morgan fingerprint density at radius 3 is 2.83 bits per heavy atom. The maximum atomic E-state index is 11.0. The van der Waals surface area contributed by atoms with E-state index in [4.69, 9.17) is 0 Å². The van der Waals surface area contributed by atoms with Gasteiger partial charge in [-0.1, -0.05) is 19.4 Å². The van der Waals surface area contributed by atoms with Gasteiger partial charge in [0.2, 0.25) is 0 Å². The molecule has 1 heteroatoms. The topological polar surface area (TPSA) is 17.1 Å². The summed E-state index contributed by atoms with van der Waals surface area (Å²) in [6.45, 7) is 2.33. The molecule has 2 unspecified atom stereocenters. The molecular weight excluding hydrogens is 148 g/mol. The fourth-order valence-corrected chi connectivity index (χ4v) is 2.67. The smallest absolute Gasteiger partial charge is 0.155 e. The van der Waals surface area contributed by atoms with E-state index >= 15 is 0 Å². The molecule has 0 bridgehead atoms. The lowest BCUT2D eigenvalue weighted by atomic mass is 9.72. The van der Waals surface area contributed by atoms with Crippen LogP contribution >= 0.6 is 0 Å². The first-order chi connectivity index (χ1) is 5.73. The zero-order valence-corrected chi connectivity index (χ0v) is 7.68. The standard InChI is InChI=1S/C11H16O/c1-9-3-2-6-11(9)7-4-10(12)5-8-11/h4,7,9H,2-3,5-6,8H2,1H3. The summed E-state index contributed by atoms with van der Waals surface area (Å²) in [5, 5.41) is 0. The summed E-state index contributed by atoms with van der Waals surface area (Å²) in [5.74, 6) is 1.11.